The fourth-order valence-electron chi connectivity index (χ4n) is 2.58. The molecule has 1 aromatic rings. The molecule has 2 rings (SSSR count). The summed E-state index contributed by atoms with van der Waals surface area (Å²) in [6.45, 7) is 6.33. The molecule has 0 unspecified atom stereocenters. The van der Waals surface area contributed by atoms with Gasteiger partial charge in [-0.05, 0) is 43.8 Å². The van der Waals surface area contributed by atoms with E-state index in [0.717, 1.165) is 37.1 Å². The van der Waals surface area contributed by atoms with Gasteiger partial charge < -0.3 is 5.32 Å². The Morgan fingerprint density at radius 3 is 2.59 bits per heavy atom. The van der Waals surface area contributed by atoms with Crippen LogP contribution in [0.2, 0.25) is 0 Å². The molecule has 2 heteroatoms. The number of carbonyl (C=O) groups excluding carboxylic acids is 1. The highest BCUT2D eigenvalue weighted by atomic mass is 16.1. The van der Waals surface area contributed by atoms with Crippen molar-refractivity contribution in [2.75, 3.05) is 13.1 Å². The number of nitrogens with one attached hydrogen (secondary N) is 1. The van der Waals surface area contributed by atoms with Gasteiger partial charge in [-0.25, -0.2) is 0 Å². The number of hydrogen-bond donors (Lipinski definition) is 1. The third-order valence-electron chi connectivity index (χ3n) is 3.84. The van der Waals surface area contributed by atoms with Gasteiger partial charge in [-0.1, -0.05) is 31.2 Å². The van der Waals surface area contributed by atoms with Crippen LogP contribution in [-0.2, 0) is 0 Å². The molecule has 1 N–H and O–H groups in total. The molecular weight excluding hydrogens is 210 g/mol. The van der Waals surface area contributed by atoms with Gasteiger partial charge in [0, 0.05) is 12.0 Å². The van der Waals surface area contributed by atoms with Crippen molar-refractivity contribution in [2.45, 2.75) is 33.1 Å². The highest BCUT2D eigenvalue weighted by Crippen LogP contribution is 2.33. The van der Waals surface area contributed by atoms with E-state index < -0.39 is 0 Å². The van der Waals surface area contributed by atoms with E-state index in [0.29, 0.717) is 12.2 Å². The van der Waals surface area contributed by atoms with Crippen LogP contribution in [0.1, 0.15) is 42.1 Å². The number of ketones is 1. The number of hydrogen-bond acceptors (Lipinski definition) is 2. The van der Waals surface area contributed by atoms with Gasteiger partial charge in [0.1, 0.15) is 0 Å². The summed E-state index contributed by atoms with van der Waals surface area (Å²) in [7, 11) is 0. The molecule has 0 aromatic heterocycles. The van der Waals surface area contributed by atoms with Crippen LogP contribution in [0, 0.1) is 12.3 Å². The molecule has 2 nitrogen and oxygen atoms in total. The predicted molar refractivity (Wildman–Crippen MR) is 70.3 cm³/mol. The van der Waals surface area contributed by atoms with Crippen molar-refractivity contribution in [3.05, 3.63) is 35.4 Å². The molecule has 1 aliphatic heterocycles. The van der Waals surface area contributed by atoms with Crippen molar-refractivity contribution in [1.29, 1.82) is 0 Å². The molecular formula is C15H21NO. The summed E-state index contributed by atoms with van der Waals surface area (Å²) in [6.07, 6.45) is 2.88. The van der Waals surface area contributed by atoms with Crippen LogP contribution in [0.15, 0.2) is 24.3 Å². The maximum atomic E-state index is 12.3. The van der Waals surface area contributed by atoms with Crippen LogP contribution in [-0.4, -0.2) is 18.9 Å². The first-order valence-electron chi connectivity index (χ1n) is 6.40. The number of piperidine rings is 1. The number of Topliss-reactive ketones (excluding diaryl/α,β-unsaturated/α-hetero) is 1. The number of aryl methyl sites for hydroxylation is 1. The zero-order valence-electron chi connectivity index (χ0n) is 10.8. The zero-order chi connectivity index (χ0) is 12.3. The largest absolute Gasteiger partial charge is 0.317 e. The monoisotopic (exact) mass is 231 g/mol. The minimum absolute atomic E-state index is 0.185. The van der Waals surface area contributed by atoms with Gasteiger partial charge in [-0.2, -0.15) is 0 Å². The molecule has 1 aliphatic rings. The highest BCUT2D eigenvalue weighted by molar-refractivity contribution is 5.97. The average Bonchev–Trinajstić information content (AvgIpc) is 2.29. The molecule has 1 aromatic carbocycles. The second kappa shape index (κ2) is 5.01. The molecule has 1 saturated heterocycles. The maximum absolute atomic E-state index is 12.3. The third-order valence-corrected chi connectivity index (χ3v) is 3.84. The Morgan fingerprint density at radius 2 is 1.94 bits per heavy atom. The van der Waals surface area contributed by atoms with Crippen molar-refractivity contribution in [2.24, 2.45) is 5.41 Å². The van der Waals surface area contributed by atoms with Crippen LogP contribution >= 0.6 is 0 Å². The summed E-state index contributed by atoms with van der Waals surface area (Å²) in [5.41, 5.74) is 2.17. The molecule has 17 heavy (non-hydrogen) atoms. The van der Waals surface area contributed by atoms with Crippen LogP contribution in [0.5, 0.6) is 0 Å². The van der Waals surface area contributed by atoms with E-state index in [2.05, 4.69) is 12.2 Å². The Labute approximate surface area is 103 Å². The van der Waals surface area contributed by atoms with Gasteiger partial charge in [0.05, 0.1) is 0 Å². The Bertz CT molecular complexity index is 405. The summed E-state index contributed by atoms with van der Waals surface area (Å²) >= 11 is 0. The Kier molecular flexibility index (Phi) is 3.63. The molecule has 0 bridgehead atoms. The minimum Gasteiger partial charge on any atom is -0.317 e. The number of benzene rings is 1. The Hall–Kier alpha value is -1.15. The summed E-state index contributed by atoms with van der Waals surface area (Å²) < 4.78 is 0. The minimum atomic E-state index is 0.185. The van der Waals surface area contributed by atoms with Gasteiger partial charge in [-0.15, -0.1) is 0 Å². The van der Waals surface area contributed by atoms with Gasteiger partial charge in [-0.3, -0.25) is 4.79 Å². The van der Waals surface area contributed by atoms with E-state index in [1.165, 1.54) is 0 Å². The standard InChI is InChI=1S/C15H21NO/c1-12-5-3-4-6-13(12)14(17)11-15(2)7-9-16-10-8-15/h3-6,16H,7-11H2,1-2H3. The van der Waals surface area contributed by atoms with Crippen LogP contribution in [0.4, 0.5) is 0 Å². The summed E-state index contributed by atoms with van der Waals surface area (Å²) in [4.78, 5) is 12.3. The molecule has 1 heterocycles. The lowest BCUT2D eigenvalue weighted by molar-refractivity contribution is 0.0891. The van der Waals surface area contributed by atoms with E-state index in [-0.39, 0.29) is 5.41 Å². The molecule has 0 spiro atoms. The quantitative estimate of drug-likeness (QED) is 0.810. The second-order valence-corrected chi connectivity index (χ2v) is 5.48. The maximum Gasteiger partial charge on any atom is 0.163 e. The van der Waals surface area contributed by atoms with Crippen LogP contribution < -0.4 is 5.32 Å². The van der Waals surface area contributed by atoms with Crippen molar-refractivity contribution in [1.82, 2.24) is 5.32 Å². The zero-order valence-corrected chi connectivity index (χ0v) is 10.8. The molecule has 92 valence electrons. The molecule has 0 atom stereocenters. The molecule has 0 saturated carbocycles. The van der Waals surface area contributed by atoms with E-state index in [4.69, 9.17) is 0 Å². The predicted octanol–water partition coefficient (Wildman–Crippen LogP) is 2.96. The fraction of sp³-hybridized carbons (Fsp3) is 0.533. The van der Waals surface area contributed by atoms with Crippen LogP contribution in [0.25, 0.3) is 0 Å². The number of rotatable bonds is 3. The summed E-state index contributed by atoms with van der Waals surface area (Å²) in [5, 5.41) is 3.35. The van der Waals surface area contributed by atoms with Gasteiger partial charge >= 0.3 is 0 Å². The van der Waals surface area contributed by atoms with Crippen molar-refractivity contribution in [3.8, 4) is 0 Å². The first-order chi connectivity index (χ1) is 8.11. The molecule has 0 amide bonds. The van der Waals surface area contributed by atoms with Gasteiger partial charge in [0.15, 0.2) is 5.78 Å². The van der Waals surface area contributed by atoms with E-state index in [1.54, 1.807) is 0 Å². The van der Waals surface area contributed by atoms with Crippen molar-refractivity contribution in [3.63, 3.8) is 0 Å². The SMILES string of the molecule is Cc1ccccc1C(=O)CC1(C)CCNCC1. The molecule has 0 aliphatic carbocycles. The third kappa shape index (κ3) is 2.95. The lowest BCUT2D eigenvalue weighted by Gasteiger charge is -2.33. The van der Waals surface area contributed by atoms with Crippen LogP contribution in [0.3, 0.4) is 0 Å². The van der Waals surface area contributed by atoms with Gasteiger partial charge in [0.25, 0.3) is 0 Å². The fourth-order valence-corrected chi connectivity index (χ4v) is 2.58. The normalized spacial score (nSPS) is 18.9. The summed E-state index contributed by atoms with van der Waals surface area (Å²) in [6, 6.07) is 7.89. The lowest BCUT2D eigenvalue weighted by atomic mass is 9.76. The molecule has 1 fully saturated rings. The van der Waals surface area contributed by atoms with E-state index in [1.807, 2.05) is 31.2 Å². The molecule has 0 radical (unpaired) electrons. The first-order valence-corrected chi connectivity index (χ1v) is 6.40. The smallest absolute Gasteiger partial charge is 0.163 e. The number of carbonyl (C=O) groups is 1. The van der Waals surface area contributed by atoms with Crippen molar-refractivity contribution >= 4 is 5.78 Å². The second-order valence-electron chi connectivity index (χ2n) is 5.48. The van der Waals surface area contributed by atoms with E-state index >= 15 is 0 Å². The average molecular weight is 231 g/mol. The Morgan fingerprint density at radius 1 is 1.29 bits per heavy atom. The van der Waals surface area contributed by atoms with Crippen molar-refractivity contribution < 1.29 is 4.79 Å². The van der Waals surface area contributed by atoms with E-state index in [9.17, 15) is 4.79 Å². The summed E-state index contributed by atoms with van der Waals surface area (Å²) in [5.74, 6) is 0.299. The highest BCUT2D eigenvalue weighted by Gasteiger charge is 2.29. The lowest BCUT2D eigenvalue weighted by Crippen LogP contribution is -2.36. The Balaban J connectivity index is 2.09. The topological polar surface area (TPSA) is 29.1 Å². The first kappa shape index (κ1) is 12.3. The van der Waals surface area contributed by atoms with Gasteiger partial charge in [0.2, 0.25) is 0 Å².